The zero-order chi connectivity index (χ0) is 22.1. The highest BCUT2D eigenvalue weighted by atomic mass is 79.9. The Morgan fingerprint density at radius 3 is 2.34 bits per heavy atom. The fourth-order valence-electron chi connectivity index (χ4n) is 1.98. The number of nitrogens with one attached hydrogen (secondary N) is 2. The first kappa shape index (κ1) is 24.5. The molecular formula is C16H20BrN3O8S. The average Bonchev–Trinajstić information content (AvgIpc) is 2.65. The molecular weight excluding hydrogens is 474 g/mol. The first-order valence-electron chi connectivity index (χ1n) is 8.13. The summed E-state index contributed by atoms with van der Waals surface area (Å²) in [6.45, 7) is -0.666. The molecule has 0 aromatic heterocycles. The number of carbonyl (C=O) groups excluding carboxylic acids is 2. The van der Waals surface area contributed by atoms with Gasteiger partial charge in [0.2, 0.25) is 11.8 Å². The van der Waals surface area contributed by atoms with Crippen LogP contribution in [0, 0.1) is 0 Å². The first-order valence-corrected chi connectivity index (χ1v) is 9.91. The Kier molecular flexibility index (Phi) is 9.71. The molecule has 13 heteroatoms. The number of hydrogen-bond acceptors (Lipinski definition) is 8. The number of carbonyl (C=O) groups is 4. The van der Waals surface area contributed by atoms with Crippen molar-refractivity contribution in [2.24, 2.45) is 5.73 Å². The van der Waals surface area contributed by atoms with Crippen molar-refractivity contribution in [3.05, 3.63) is 16.6 Å². The van der Waals surface area contributed by atoms with Gasteiger partial charge < -0.3 is 36.8 Å². The van der Waals surface area contributed by atoms with Crippen LogP contribution in [0.2, 0.25) is 0 Å². The molecule has 1 aromatic carbocycles. The molecule has 29 heavy (non-hydrogen) atoms. The summed E-state index contributed by atoms with van der Waals surface area (Å²) >= 11 is 4.04. The second-order valence-electron chi connectivity index (χ2n) is 5.77. The van der Waals surface area contributed by atoms with Gasteiger partial charge in [-0.2, -0.15) is 0 Å². The van der Waals surface area contributed by atoms with Crippen molar-refractivity contribution >= 4 is 51.4 Å². The number of rotatable bonds is 11. The standard InChI is InChI=1S/C16H20BrN3O8S/c17-13-9(21)2-3-10(22)14(13)29-6-8(15(26)19-5-12(24)25)20-11(23)4-1-7(18)16(27)28/h2-3,7-8,21-22H,1,4-6,18H2,(H,19,26)(H,20,23)(H,24,25)(H,27,28)/t7-,8-/m1/s1. The van der Waals surface area contributed by atoms with Crippen LogP contribution in [0.3, 0.4) is 0 Å². The second kappa shape index (κ2) is 11.5. The normalized spacial score (nSPS) is 12.6. The van der Waals surface area contributed by atoms with E-state index in [0.717, 1.165) is 11.8 Å². The quantitative estimate of drug-likeness (QED) is 0.160. The third-order valence-electron chi connectivity index (χ3n) is 3.52. The summed E-state index contributed by atoms with van der Waals surface area (Å²) in [7, 11) is 0. The van der Waals surface area contributed by atoms with Crippen LogP contribution in [0.15, 0.2) is 21.5 Å². The molecule has 0 saturated heterocycles. The van der Waals surface area contributed by atoms with Crippen LogP contribution in [0.25, 0.3) is 0 Å². The number of phenols is 2. The van der Waals surface area contributed by atoms with Crippen LogP contribution < -0.4 is 16.4 Å². The Balaban J connectivity index is 2.84. The van der Waals surface area contributed by atoms with Crippen molar-refractivity contribution in [3.8, 4) is 11.5 Å². The van der Waals surface area contributed by atoms with E-state index in [1.165, 1.54) is 12.1 Å². The number of thioether (sulfide) groups is 1. The molecule has 2 atom stereocenters. The molecule has 1 rings (SSSR count). The van der Waals surface area contributed by atoms with Crippen molar-refractivity contribution in [2.45, 2.75) is 29.8 Å². The van der Waals surface area contributed by atoms with E-state index in [-0.39, 0.29) is 39.5 Å². The summed E-state index contributed by atoms with van der Waals surface area (Å²) in [5.74, 6) is -4.43. The number of nitrogens with two attached hydrogens (primary N) is 1. The number of amides is 2. The Morgan fingerprint density at radius 2 is 1.76 bits per heavy atom. The van der Waals surface area contributed by atoms with E-state index in [4.69, 9.17) is 15.9 Å². The minimum absolute atomic E-state index is 0.113. The molecule has 2 amide bonds. The number of aromatic hydroxyl groups is 2. The second-order valence-corrected chi connectivity index (χ2v) is 7.60. The molecule has 0 aliphatic heterocycles. The van der Waals surface area contributed by atoms with Crippen LogP contribution in [0.4, 0.5) is 0 Å². The molecule has 1 aromatic rings. The molecule has 0 heterocycles. The zero-order valence-electron chi connectivity index (χ0n) is 14.9. The molecule has 0 aliphatic carbocycles. The van der Waals surface area contributed by atoms with Gasteiger partial charge in [0.15, 0.2) is 0 Å². The lowest BCUT2D eigenvalue weighted by atomic mass is 10.1. The number of aliphatic carboxylic acids is 2. The topological polar surface area (TPSA) is 199 Å². The Labute approximate surface area is 177 Å². The van der Waals surface area contributed by atoms with Crippen molar-refractivity contribution < 1.29 is 39.6 Å². The van der Waals surface area contributed by atoms with E-state index >= 15 is 0 Å². The average molecular weight is 494 g/mol. The van der Waals surface area contributed by atoms with Crippen LogP contribution in [0.1, 0.15) is 12.8 Å². The molecule has 8 N–H and O–H groups in total. The van der Waals surface area contributed by atoms with Crippen LogP contribution in [-0.4, -0.2) is 68.6 Å². The third kappa shape index (κ3) is 8.17. The number of phenolic OH excluding ortho intramolecular Hbond substituents is 2. The largest absolute Gasteiger partial charge is 0.507 e. The van der Waals surface area contributed by atoms with Crippen molar-refractivity contribution in [1.82, 2.24) is 10.6 Å². The number of halogens is 1. The highest BCUT2D eigenvalue weighted by Crippen LogP contribution is 2.40. The lowest BCUT2D eigenvalue weighted by Crippen LogP contribution is -2.49. The van der Waals surface area contributed by atoms with Crippen molar-refractivity contribution in [1.29, 1.82) is 0 Å². The highest BCUT2D eigenvalue weighted by molar-refractivity contribution is 9.10. The molecule has 0 radical (unpaired) electrons. The van der Waals surface area contributed by atoms with E-state index < -0.39 is 42.4 Å². The van der Waals surface area contributed by atoms with Gasteiger partial charge in [0.25, 0.3) is 0 Å². The van der Waals surface area contributed by atoms with Gasteiger partial charge in [0.05, 0.1) is 9.37 Å². The van der Waals surface area contributed by atoms with E-state index in [2.05, 4.69) is 26.6 Å². The van der Waals surface area contributed by atoms with Gasteiger partial charge in [-0.15, -0.1) is 11.8 Å². The summed E-state index contributed by atoms with van der Waals surface area (Å²) in [5.41, 5.74) is 5.33. The summed E-state index contributed by atoms with van der Waals surface area (Å²) < 4.78 is 0.186. The smallest absolute Gasteiger partial charge is 0.322 e. The van der Waals surface area contributed by atoms with Gasteiger partial charge in [0, 0.05) is 12.2 Å². The highest BCUT2D eigenvalue weighted by Gasteiger charge is 2.24. The van der Waals surface area contributed by atoms with Gasteiger partial charge in [-0.3, -0.25) is 19.2 Å². The molecule has 11 nitrogen and oxygen atoms in total. The summed E-state index contributed by atoms with van der Waals surface area (Å²) in [6.07, 6.45) is -0.418. The van der Waals surface area contributed by atoms with Gasteiger partial charge >= 0.3 is 11.9 Å². The van der Waals surface area contributed by atoms with Gasteiger partial charge in [0.1, 0.15) is 30.1 Å². The zero-order valence-corrected chi connectivity index (χ0v) is 17.3. The lowest BCUT2D eigenvalue weighted by molar-refractivity contribution is -0.139. The van der Waals surface area contributed by atoms with E-state index in [0.29, 0.717) is 0 Å². The number of carboxylic acids is 2. The summed E-state index contributed by atoms with van der Waals surface area (Å²) in [4.78, 5) is 45.9. The van der Waals surface area contributed by atoms with Crippen LogP contribution in [0.5, 0.6) is 11.5 Å². The minimum Gasteiger partial charge on any atom is -0.507 e. The Bertz CT molecular complexity index is 792. The van der Waals surface area contributed by atoms with Gasteiger partial charge in [-0.05, 0) is 34.5 Å². The summed E-state index contributed by atoms with van der Waals surface area (Å²) in [6, 6.07) is 0.0677. The maximum Gasteiger partial charge on any atom is 0.322 e. The van der Waals surface area contributed by atoms with Crippen molar-refractivity contribution in [2.75, 3.05) is 12.3 Å². The predicted molar refractivity (Wildman–Crippen MR) is 106 cm³/mol. The number of benzene rings is 1. The number of carboxylic acid groups (broad SMARTS) is 2. The first-order chi connectivity index (χ1) is 13.5. The maximum absolute atomic E-state index is 12.2. The lowest BCUT2D eigenvalue weighted by Gasteiger charge is -2.19. The molecule has 0 spiro atoms. The fourth-order valence-corrected chi connectivity index (χ4v) is 3.68. The van der Waals surface area contributed by atoms with Crippen LogP contribution >= 0.6 is 27.7 Å². The van der Waals surface area contributed by atoms with Gasteiger partial charge in [-0.25, -0.2) is 0 Å². The van der Waals surface area contributed by atoms with Crippen LogP contribution in [-0.2, 0) is 19.2 Å². The molecule has 0 unspecified atom stereocenters. The molecule has 0 fully saturated rings. The Morgan fingerprint density at radius 1 is 1.14 bits per heavy atom. The molecule has 0 saturated carbocycles. The minimum atomic E-state index is -1.28. The molecule has 0 bridgehead atoms. The fraction of sp³-hybridized carbons (Fsp3) is 0.375. The molecule has 0 aliphatic rings. The Hall–Kier alpha value is -2.51. The van der Waals surface area contributed by atoms with E-state index in [1.807, 2.05) is 0 Å². The summed E-state index contributed by atoms with van der Waals surface area (Å²) in [5, 5.41) is 41.6. The van der Waals surface area contributed by atoms with E-state index in [1.54, 1.807) is 0 Å². The predicted octanol–water partition coefficient (Wildman–Crippen LogP) is -0.170. The van der Waals surface area contributed by atoms with E-state index in [9.17, 15) is 29.4 Å². The third-order valence-corrected chi connectivity index (χ3v) is 5.78. The monoisotopic (exact) mass is 493 g/mol. The SMILES string of the molecule is N[C@H](CCC(=O)N[C@H](CSc1c(O)ccc(O)c1Br)C(=O)NCC(=O)O)C(=O)O. The van der Waals surface area contributed by atoms with Crippen molar-refractivity contribution in [3.63, 3.8) is 0 Å². The maximum atomic E-state index is 12.2. The number of hydrogen-bond donors (Lipinski definition) is 7. The van der Waals surface area contributed by atoms with Gasteiger partial charge in [-0.1, -0.05) is 0 Å². The molecule has 160 valence electrons.